The van der Waals surface area contributed by atoms with Crippen LogP contribution in [0.25, 0.3) is 0 Å². The number of nitrogens with zero attached hydrogens (tertiary/aromatic N) is 2. The van der Waals surface area contributed by atoms with Crippen molar-refractivity contribution in [2.45, 2.75) is 90.5 Å². The van der Waals surface area contributed by atoms with Crippen molar-refractivity contribution in [2.75, 3.05) is 0 Å². The Bertz CT molecular complexity index is 664. The number of nitrogens with one attached hydrogen (secondary N) is 2. The molecule has 4 N–H and O–H groups in total. The summed E-state index contributed by atoms with van der Waals surface area (Å²) in [6.45, 7) is 5.64. The molecule has 164 valence electrons. The van der Waals surface area contributed by atoms with Crippen LogP contribution in [0.15, 0.2) is 4.52 Å². The van der Waals surface area contributed by atoms with Crippen LogP contribution in [0, 0.1) is 11.3 Å². The quantitative estimate of drug-likeness (QED) is 0.354. The van der Waals surface area contributed by atoms with Crippen molar-refractivity contribution in [2.24, 2.45) is 11.3 Å². The summed E-state index contributed by atoms with van der Waals surface area (Å²) < 4.78 is 5.42. The average molecular weight is 411 g/mol. The van der Waals surface area contributed by atoms with Crippen molar-refractivity contribution >= 4 is 12.0 Å². The van der Waals surface area contributed by atoms with E-state index in [4.69, 9.17) is 14.8 Å². The first-order valence-electron chi connectivity index (χ1n) is 10.5. The third-order valence-electron chi connectivity index (χ3n) is 5.64. The summed E-state index contributed by atoms with van der Waals surface area (Å²) in [6.07, 6.45) is 8.03. The van der Waals surface area contributed by atoms with E-state index in [9.17, 15) is 9.59 Å². The first kappa shape index (κ1) is 23.1. The van der Waals surface area contributed by atoms with Gasteiger partial charge in [0.2, 0.25) is 11.8 Å². The average Bonchev–Trinajstić information content (AvgIpc) is 3.14. The minimum Gasteiger partial charge on any atom is -0.465 e. The molecule has 0 radical (unpaired) electrons. The molecule has 2 atom stereocenters. The highest BCUT2D eigenvalue weighted by atomic mass is 16.5. The van der Waals surface area contributed by atoms with E-state index in [-0.39, 0.29) is 18.2 Å². The smallest absolute Gasteiger partial charge is 0.405 e. The second-order valence-electron chi connectivity index (χ2n) is 9.11. The Balaban J connectivity index is 2.09. The first-order valence-corrected chi connectivity index (χ1v) is 10.5. The van der Waals surface area contributed by atoms with Gasteiger partial charge in [-0.2, -0.15) is 4.98 Å². The predicted octanol–water partition coefficient (Wildman–Crippen LogP) is 4.15. The summed E-state index contributed by atoms with van der Waals surface area (Å²) in [5.74, 6) is 0.450. The Labute approximate surface area is 171 Å². The third-order valence-corrected chi connectivity index (χ3v) is 5.64. The van der Waals surface area contributed by atoms with Crippen LogP contribution >= 0.6 is 0 Å². The molecule has 0 aromatic carbocycles. The SMILES string of the molecule is CC(C)(C)C(NC(=O)O)c1noc([C@H](CCCC2CCCCC2)CC(=O)NO)n1. The van der Waals surface area contributed by atoms with E-state index in [0.717, 1.165) is 18.8 Å². The van der Waals surface area contributed by atoms with E-state index < -0.39 is 23.5 Å². The van der Waals surface area contributed by atoms with E-state index in [1.807, 2.05) is 20.8 Å². The van der Waals surface area contributed by atoms with Crippen LogP contribution in [0.2, 0.25) is 0 Å². The van der Waals surface area contributed by atoms with Gasteiger partial charge in [-0.05, 0) is 17.8 Å². The van der Waals surface area contributed by atoms with Crippen LogP contribution in [0.5, 0.6) is 0 Å². The number of aromatic nitrogens is 2. The molecule has 1 aliphatic carbocycles. The molecule has 9 heteroatoms. The monoisotopic (exact) mass is 410 g/mol. The number of rotatable bonds is 9. The number of amides is 2. The largest absolute Gasteiger partial charge is 0.465 e. The first-order chi connectivity index (χ1) is 13.7. The fraction of sp³-hybridized carbons (Fsp3) is 0.800. The summed E-state index contributed by atoms with van der Waals surface area (Å²) >= 11 is 0. The summed E-state index contributed by atoms with van der Waals surface area (Å²) in [5, 5.41) is 24.5. The minimum atomic E-state index is -1.17. The highest BCUT2D eigenvalue weighted by molar-refractivity contribution is 5.75. The van der Waals surface area contributed by atoms with Gasteiger partial charge < -0.3 is 14.9 Å². The lowest BCUT2D eigenvalue weighted by Gasteiger charge is -2.27. The van der Waals surface area contributed by atoms with Crippen molar-refractivity contribution in [3.63, 3.8) is 0 Å². The molecule has 0 spiro atoms. The molecule has 1 fully saturated rings. The number of carbonyl (C=O) groups is 2. The Kier molecular flexibility index (Phi) is 8.43. The molecular formula is C20H34N4O5. The van der Waals surface area contributed by atoms with Crippen LogP contribution in [-0.4, -0.2) is 32.5 Å². The topological polar surface area (TPSA) is 138 Å². The van der Waals surface area contributed by atoms with E-state index in [1.165, 1.54) is 32.1 Å². The van der Waals surface area contributed by atoms with E-state index in [0.29, 0.717) is 12.3 Å². The lowest BCUT2D eigenvalue weighted by atomic mass is 9.84. The maximum absolute atomic E-state index is 11.8. The lowest BCUT2D eigenvalue weighted by Crippen LogP contribution is -2.36. The van der Waals surface area contributed by atoms with Gasteiger partial charge in [-0.15, -0.1) is 0 Å². The van der Waals surface area contributed by atoms with E-state index >= 15 is 0 Å². The fourth-order valence-corrected chi connectivity index (χ4v) is 4.03. The van der Waals surface area contributed by atoms with E-state index in [2.05, 4.69) is 15.5 Å². The number of hydroxylamine groups is 1. The lowest BCUT2D eigenvalue weighted by molar-refractivity contribution is -0.129. The van der Waals surface area contributed by atoms with Gasteiger partial charge in [-0.1, -0.05) is 70.9 Å². The van der Waals surface area contributed by atoms with Gasteiger partial charge in [-0.3, -0.25) is 10.0 Å². The molecule has 2 amide bonds. The molecule has 9 nitrogen and oxygen atoms in total. The van der Waals surface area contributed by atoms with Crippen molar-refractivity contribution in [3.05, 3.63) is 11.7 Å². The minimum absolute atomic E-state index is 0.0370. The molecule has 1 heterocycles. The van der Waals surface area contributed by atoms with Crippen LogP contribution in [0.1, 0.15) is 102 Å². The van der Waals surface area contributed by atoms with Gasteiger partial charge in [0, 0.05) is 12.3 Å². The summed E-state index contributed by atoms with van der Waals surface area (Å²) in [5.41, 5.74) is 1.21. The number of carbonyl (C=O) groups excluding carboxylic acids is 1. The summed E-state index contributed by atoms with van der Waals surface area (Å²) in [4.78, 5) is 27.4. The molecule has 2 rings (SSSR count). The standard InChI is InChI=1S/C20H34N4O5/c1-20(2,3)16(21-19(26)27)17-22-18(29-24-17)14(12-15(25)23-28)11-7-10-13-8-5-4-6-9-13/h13-14,16,21,28H,4-12H2,1-3H3,(H,23,25)(H,26,27)/t14-,16?/m1/s1. The van der Waals surface area contributed by atoms with Crippen molar-refractivity contribution in [1.29, 1.82) is 0 Å². The molecule has 0 aliphatic heterocycles. The van der Waals surface area contributed by atoms with Gasteiger partial charge in [0.15, 0.2) is 5.82 Å². The summed E-state index contributed by atoms with van der Waals surface area (Å²) in [7, 11) is 0. The second kappa shape index (κ2) is 10.6. The van der Waals surface area contributed by atoms with Crippen molar-refractivity contribution in [1.82, 2.24) is 20.9 Å². The van der Waals surface area contributed by atoms with Gasteiger partial charge in [0.05, 0.1) is 0 Å². The maximum Gasteiger partial charge on any atom is 0.405 e. The highest BCUT2D eigenvalue weighted by Gasteiger charge is 2.33. The molecule has 1 aliphatic rings. The zero-order chi connectivity index (χ0) is 21.4. The van der Waals surface area contributed by atoms with Crippen molar-refractivity contribution in [3.8, 4) is 0 Å². The maximum atomic E-state index is 11.8. The molecule has 1 aromatic heterocycles. The number of hydrogen-bond donors (Lipinski definition) is 4. The third kappa shape index (κ3) is 7.30. The Morgan fingerprint density at radius 3 is 2.52 bits per heavy atom. The molecule has 0 saturated heterocycles. The predicted molar refractivity (Wildman–Crippen MR) is 105 cm³/mol. The number of hydrogen-bond acceptors (Lipinski definition) is 6. The zero-order valence-electron chi connectivity index (χ0n) is 17.6. The highest BCUT2D eigenvalue weighted by Crippen LogP contribution is 2.34. The van der Waals surface area contributed by atoms with Gasteiger partial charge >= 0.3 is 6.09 Å². The molecule has 29 heavy (non-hydrogen) atoms. The Morgan fingerprint density at radius 2 is 1.93 bits per heavy atom. The van der Waals surface area contributed by atoms with Gasteiger partial charge in [-0.25, -0.2) is 10.3 Å². The van der Waals surface area contributed by atoms with Crippen LogP contribution in [-0.2, 0) is 4.79 Å². The van der Waals surface area contributed by atoms with Gasteiger partial charge in [0.25, 0.3) is 0 Å². The number of carboxylic acid groups (broad SMARTS) is 1. The van der Waals surface area contributed by atoms with Crippen LogP contribution in [0.4, 0.5) is 4.79 Å². The molecule has 1 saturated carbocycles. The normalized spacial score (nSPS) is 17.5. The zero-order valence-corrected chi connectivity index (χ0v) is 17.6. The van der Waals surface area contributed by atoms with Gasteiger partial charge in [0.1, 0.15) is 6.04 Å². The summed E-state index contributed by atoms with van der Waals surface area (Å²) in [6, 6.07) is -0.646. The molecule has 1 unspecified atom stereocenters. The van der Waals surface area contributed by atoms with Crippen LogP contribution in [0.3, 0.4) is 0 Å². The van der Waals surface area contributed by atoms with Crippen molar-refractivity contribution < 1.29 is 24.4 Å². The Morgan fingerprint density at radius 1 is 1.24 bits per heavy atom. The fourth-order valence-electron chi connectivity index (χ4n) is 4.03. The molecular weight excluding hydrogens is 376 g/mol. The molecule has 0 bridgehead atoms. The Hall–Kier alpha value is -2.16. The second-order valence-corrected chi connectivity index (χ2v) is 9.11. The van der Waals surface area contributed by atoms with E-state index in [1.54, 1.807) is 5.48 Å². The van der Waals surface area contributed by atoms with Crippen LogP contribution < -0.4 is 10.8 Å². The molecule has 1 aromatic rings.